The van der Waals surface area contributed by atoms with Crippen LogP contribution in [-0.4, -0.2) is 18.8 Å². The molecule has 1 amide bonds. The van der Waals surface area contributed by atoms with Gasteiger partial charge in [0.15, 0.2) is 11.5 Å². The number of alkyl halides is 3. The quantitative estimate of drug-likeness (QED) is 0.552. The molecule has 31 heavy (non-hydrogen) atoms. The molecule has 0 unspecified atom stereocenters. The average Bonchev–Trinajstić information content (AvgIpc) is 3.23. The first-order valence-electron chi connectivity index (χ1n) is 9.53. The molecular formula is C23H16F3NO4. The molecule has 0 saturated carbocycles. The average molecular weight is 427 g/mol. The van der Waals surface area contributed by atoms with Gasteiger partial charge >= 0.3 is 6.18 Å². The number of hydrogen-bond donors (Lipinski definition) is 0. The van der Waals surface area contributed by atoms with Crippen LogP contribution in [0.4, 0.5) is 18.9 Å². The van der Waals surface area contributed by atoms with Gasteiger partial charge in [0.2, 0.25) is 12.9 Å². The molecule has 0 spiro atoms. The molecule has 1 saturated heterocycles. The van der Waals surface area contributed by atoms with Crippen molar-refractivity contribution in [3.05, 3.63) is 83.9 Å². The van der Waals surface area contributed by atoms with Gasteiger partial charge < -0.3 is 14.2 Å². The Labute approximate surface area is 175 Å². The Morgan fingerprint density at radius 3 is 2.45 bits per heavy atom. The van der Waals surface area contributed by atoms with Crippen molar-refractivity contribution in [3.8, 4) is 17.2 Å². The summed E-state index contributed by atoms with van der Waals surface area (Å²) in [6, 6.07) is 18.1. The Morgan fingerprint density at radius 1 is 0.903 bits per heavy atom. The number of benzene rings is 3. The van der Waals surface area contributed by atoms with Gasteiger partial charge in [0, 0.05) is 5.69 Å². The molecule has 8 heteroatoms. The van der Waals surface area contributed by atoms with E-state index >= 15 is 0 Å². The van der Waals surface area contributed by atoms with Crippen molar-refractivity contribution < 1.29 is 32.2 Å². The minimum Gasteiger partial charge on any atom is -0.478 e. The number of β-lactam (4-membered cyclic amide) rings is 1. The lowest BCUT2D eigenvalue weighted by Gasteiger charge is -2.46. The van der Waals surface area contributed by atoms with Crippen LogP contribution in [0.5, 0.6) is 17.2 Å². The summed E-state index contributed by atoms with van der Waals surface area (Å²) >= 11 is 0. The van der Waals surface area contributed by atoms with E-state index in [1.54, 1.807) is 42.5 Å². The number of ether oxygens (including phenoxy) is 3. The summed E-state index contributed by atoms with van der Waals surface area (Å²) in [5.41, 5.74) is -0.00717. The summed E-state index contributed by atoms with van der Waals surface area (Å²) in [5, 5.41) is 0. The van der Waals surface area contributed by atoms with Crippen molar-refractivity contribution in [1.82, 2.24) is 0 Å². The lowest BCUT2D eigenvalue weighted by Crippen LogP contribution is -2.61. The van der Waals surface area contributed by atoms with Crippen LogP contribution in [0.25, 0.3) is 0 Å². The van der Waals surface area contributed by atoms with Crippen LogP contribution in [0.2, 0.25) is 0 Å². The Bertz CT molecular complexity index is 1130. The first kappa shape index (κ1) is 19.3. The standard InChI is InChI=1S/C23H16F3NO4/c24-23(25,26)15-5-4-6-16(12-15)27-20(14-9-10-18-19(11-14)30-13-29-18)21(22(27)28)31-17-7-2-1-3-8-17/h1-12,20-21H,13H2/t20-,21-/m1/s1. The predicted molar refractivity (Wildman–Crippen MR) is 105 cm³/mol. The van der Waals surface area contributed by atoms with E-state index in [2.05, 4.69) is 0 Å². The number of halogens is 3. The summed E-state index contributed by atoms with van der Waals surface area (Å²) in [6.45, 7) is 0.0870. The largest absolute Gasteiger partial charge is 0.478 e. The monoisotopic (exact) mass is 427 g/mol. The number of fused-ring (bicyclic) bond motifs is 1. The Morgan fingerprint density at radius 2 is 1.68 bits per heavy atom. The fourth-order valence-electron chi connectivity index (χ4n) is 3.76. The van der Waals surface area contributed by atoms with E-state index in [1.807, 2.05) is 6.07 Å². The summed E-state index contributed by atoms with van der Waals surface area (Å²) in [4.78, 5) is 14.3. The molecule has 0 bridgehead atoms. The van der Waals surface area contributed by atoms with E-state index in [-0.39, 0.29) is 12.5 Å². The van der Waals surface area contributed by atoms with Gasteiger partial charge in [-0.2, -0.15) is 13.2 Å². The molecule has 2 heterocycles. The van der Waals surface area contributed by atoms with Crippen LogP contribution in [0.3, 0.4) is 0 Å². The number of carbonyl (C=O) groups is 1. The zero-order valence-corrected chi connectivity index (χ0v) is 16.0. The first-order chi connectivity index (χ1) is 14.9. The topological polar surface area (TPSA) is 48.0 Å². The second-order valence-electron chi connectivity index (χ2n) is 7.17. The van der Waals surface area contributed by atoms with Crippen LogP contribution in [0.1, 0.15) is 17.2 Å². The molecule has 1 fully saturated rings. The normalized spacial score (nSPS) is 19.8. The van der Waals surface area contributed by atoms with Crippen molar-refractivity contribution in [2.24, 2.45) is 0 Å². The second-order valence-corrected chi connectivity index (χ2v) is 7.17. The minimum atomic E-state index is -4.52. The first-order valence-corrected chi connectivity index (χ1v) is 9.53. The Hall–Kier alpha value is -3.68. The lowest BCUT2D eigenvalue weighted by molar-refractivity contribution is -0.138. The molecule has 0 aromatic heterocycles. The predicted octanol–water partition coefficient (Wildman–Crippen LogP) is 4.97. The van der Waals surface area contributed by atoms with E-state index in [9.17, 15) is 18.0 Å². The van der Waals surface area contributed by atoms with Crippen LogP contribution in [0.15, 0.2) is 72.8 Å². The van der Waals surface area contributed by atoms with Gasteiger partial charge in [-0.3, -0.25) is 9.69 Å². The van der Waals surface area contributed by atoms with E-state index in [0.717, 1.165) is 12.1 Å². The van der Waals surface area contributed by atoms with E-state index in [1.165, 1.54) is 17.0 Å². The van der Waals surface area contributed by atoms with Gasteiger partial charge in [-0.15, -0.1) is 0 Å². The molecule has 2 aliphatic heterocycles. The van der Waals surface area contributed by atoms with Crippen LogP contribution < -0.4 is 19.1 Å². The van der Waals surface area contributed by atoms with E-state index in [0.29, 0.717) is 22.8 Å². The molecule has 0 radical (unpaired) electrons. The van der Waals surface area contributed by atoms with E-state index in [4.69, 9.17) is 14.2 Å². The minimum absolute atomic E-state index is 0.0870. The number of rotatable bonds is 4. The Balaban J connectivity index is 1.53. The Kier molecular flexibility index (Phi) is 4.50. The maximum absolute atomic E-state index is 13.2. The molecule has 2 atom stereocenters. The lowest BCUT2D eigenvalue weighted by atomic mass is 9.89. The summed E-state index contributed by atoms with van der Waals surface area (Å²) in [6.07, 6.45) is -5.41. The van der Waals surface area contributed by atoms with Crippen molar-refractivity contribution in [2.45, 2.75) is 18.3 Å². The number of carbonyl (C=O) groups excluding carboxylic acids is 1. The van der Waals surface area contributed by atoms with Crippen molar-refractivity contribution in [2.75, 3.05) is 11.7 Å². The molecule has 158 valence electrons. The third-order valence-electron chi connectivity index (χ3n) is 5.24. The highest BCUT2D eigenvalue weighted by Crippen LogP contribution is 2.45. The van der Waals surface area contributed by atoms with Gasteiger partial charge in [0.1, 0.15) is 11.8 Å². The zero-order valence-electron chi connectivity index (χ0n) is 16.0. The van der Waals surface area contributed by atoms with E-state index < -0.39 is 29.8 Å². The second kappa shape index (κ2) is 7.23. The highest BCUT2D eigenvalue weighted by molar-refractivity contribution is 6.05. The van der Waals surface area contributed by atoms with Crippen LogP contribution >= 0.6 is 0 Å². The number of hydrogen-bond acceptors (Lipinski definition) is 4. The van der Waals surface area contributed by atoms with Crippen molar-refractivity contribution in [1.29, 1.82) is 0 Å². The molecule has 5 rings (SSSR count). The van der Waals surface area contributed by atoms with Crippen molar-refractivity contribution in [3.63, 3.8) is 0 Å². The SMILES string of the molecule is O=C1[C@H](Oc2ccccc2)[C@@H](c2ccc3c(c2)OCO3)N1c1cccc(C(F)(F)F)c1. The van der Waals surface area contributed by atoms with Gasteiger partial charge in [-0.25, -0.2) is 0 Å². The highest BCUT2D eigenvalue weighted by Gasteiger charge is 2.51. The smallest absolute Gasteiger partial charge is 0.416 e. The third kappa shape index (κ3) is 3.43. The van der Waals surface area contributed by atoms with Crippen LogP contribution in [0, 0.1) is 0 Å². The molecular weight excluding hydrogens is 411 g/mol. The van der Waals surface area contributed by atoms with Gasteiger partial charge in [0.25, 0.3) is 5.91 Å². The maximum atomic E-state index is 13.2. The van der Waals surface area contributed by atoms with Crippen LogP contribution in [-0.2, 0) is 11.0 Å². The number of nitrogens with zero attached hydrogens (tertiary/aromatic N) is 1. The molecule has 0 aliphatic carbocycles. The summed E-state index contributed by atoms with van der Waals surface area (Å²) in [5.74, 6) is 1.15. The summed E-state index contributed by atoms with van der Waals surface area (Å²) in [7, 11) is 0. The fraction of sp³-hybridized carbons (Fsp3) is 0.174. The van der Waals surface area contributed by atoms with Crippen molar-refractivity contribution >= 4 is 11.6 Å². The van der Waals surface area contributed by atoms with Gasteiger partial charge in [-0.05, 0) is 48.0 Å². The summed E-state index contributed by atoms with van der Waals surface area (Å²) < 4.78 is 56.4. The molecule has 0 N–H and O–H groups in total. The fourth-order valence-corrected chi connectivity index (χ4v) is 3.76. The third-order valence-corrected chi connectivity index (χ3v) is 5.24. The molecule has 2 aliphatic rings. The maximum Gasteiger partial charge on any atom is 0.416 e. The number of amides is 1. The molecule has 3 aromatic carbocycles. The highest BCUT2D eigenvalue weighted by atomic mass is 19.4. The van der Waals surface area contributed by atoms with Gasteiger partial charge in [-0.1, -0.05) is 30.3 Å². The number of anilines is 1. The number of para-hydroxylation sites is 1. The van der Waals surface area contributed by atoms with Gasteiger partial charge in [0.05, 0.1) is 5.56 Å². The zero-order chi connectivity index (χ0) is 21.6. The molecule has 3 aromatic rings. The molecule has 5 nitrogen and oxygen atoms in total.